The van der Waals surface area contributed by atoms with Crippen LogP contribution < -0.4 is 10.6 Å². The Kier molecular flexibility index (Phi) is 4.46. The number of thiophene rings is 1. The molecule has 2 aromatic rings. The molecule has 0 aliphatic carbocycles. The van der Waals surface area contributed by atoms with E-state index in [-0.39, 0.29) is 17.5 Å². The van der Waals surface area contributed by atoms with Gasteiger partial charge in [0, 0.05) is 11.9 Å². The lowest BCUT2D eigenvalue weighted by molar-refractivity contribution is -0.384. The van der Waals surface area contributed by atoms with Gasteiger partial charge in [0.1, 0.15) is 6.20 Å². The summed E-state index contributed by atoms with van der Waals surface area (Å²) >= 11 is 1.61. The Hall–Kier alpha value is -2.22. The number of hydrogen-bond acceptors (Lipinski definition) is 7. The molecule has 8 heteroatoms. The predicted octanol–water partition coefficient (Wildman–Crippen LogP) is 3.05. The molecular formula is C12H15N5O2S. The Balaban J connectivity index is 2.33. The molecule has 0 radical (unpaired) electrons. The summed E-state index contributed by atoms with van der Waals surface area (Å²) in [4.78, 5) is 19.7. The third-order valence-corrected chi connectivity index (χ3v) is 3.78. The van der Waals surface area contributed by atoms with Crippen LogP contribution in [0.1, 0.15) is 24.3 Å². The van der Waals surface area contributed by atoms with Gasteiger partial charge >= 0.3 is 5.69 Å². The maximum Gasteiger partial charge on any atom is 0.329 e. The molecule has 0 aliphatic heterocycles. The van der Waals surface area contributed by atoms with Gasteiger partial charge in [-0.05, 0) is 17.9 Å². The van der Waals surface area contributed by atoms with E-state index in [9.17, 15) is 10.1 Å². The Morgan fingerprint density at radius 3 is 2.90 bits per heavy atom. The van der Waals surface area contributed by atoms with Crippen molar-refractivity contribution in [2.45, 2.75) is 19.4 Å². The van der Waals surface area contributed by atoms with Gasteiger partial charge in [0.25, 0.3) is 0 Å². The summed E-state index contributed by atoms with van der Waals surface area (Å²) < 4.78 is 0. The molecule has 20 heavy (non-hydrogen) atoms. The van der Waals surface area contributed by atoms with E-state index >= 15 is 0 Å². The normalized spacial score (nSPS) is 11.9. The van der Waals surface area contributed by atoms with Crippen molar-refractivity contribution in [3.63, 3.8) is 0 Å². The van der Waals surface area contributed by atoms with Gasteiger partial charge < -0.3 is 10.6 Å². The fourth-order valence-electron chi connectivity index (χ4n) is 1.76. The zero-order chi connectivity index (χ0) is 14.5. The van der Waals surface area contributed by atoms with E-state index in [0.29, 0.717) is 5.95 Å². The second-order valence-corrected chi connectivity index (χ2v) is 5.03. The zero-order valence-electron chi connectivity index (χ0n) is 11.2. The lowest BCUT2D eigenvalue weighted by Crippen LogP contribution is -2.12. The highest BCUT2D eigenvalue weighted by atomic mass is 32.1. The lowest BCUT2D eigenvalue weighted by atomic mass is 10.2. The van der Waals surface area contributed by atoms with Crippen LogP contribution in [0.2, 0.25) is 0 Å². The monoisotopic (exact) mass is 293 g/mol. The van der Waals surface area contributed by atoms with E-state index in [4.69, 9.17) is 0 Å². The number of nitro groups is 1. The van der Waals surface area contributed by atoms with E-state index < -0.39 is 4.92 Å². The van der Waals surface area contributed by atoms with E-state index in [1.165, 1.54) is 6.20 Å². The number of hydrogen-bond donors (Lipinski definition) is 2. The average Bonchev–Trinajstić information content (AvgIpc) is 2.98. The number of anilines is 2. The molecule has 0 amide bonds. The van der Waals surface area contributed by atoms with Crippen LogP contribution in [0.15, 0.2) is 23.7 Å². The van der Waals surface area contributed by atoms with Crippen molar-refractivity contribution in [2.75, 3.05) is 17.7 Å². The lowest BCUT2D eigenvalue weighted by Gasteiger charge is -2.16. The van der Waals surface area contributed by atoms with Crippen LogP contribution in [0.5, 0.6) is 0 Å². The minimum atomic E-state index is -0.483. The van der Waals surface area contributed by atoms with E-state index in [0.717, 1.165) is 11.3 Å². The van der Waals surface area contributed by atoms with Crippen molar-refractivity contribution >= 4 is 28.8 Å². The van der Waals surface area contributed by atoms with Gasteiger partial charge in [-0.15, -0.1) is 11.3 Å². The molecule has 2 N–H and O–H groups in total. The van der Waals surface area contributed by atoms with Crippen LogP contribution in [0.4, 0.5) is 17.5 Å². The van der Waals surface area contributed by atoms with Gasteiger partial charge in [0.05, 0.1) is 11.0 Å². The molecule has 106 valence electrons. The molecule has 1 unspecified atom stereocenters. The highest BCUT2D eigenvalue weighted by Crippen LogP contribution is 2.30. The summed E-state index contributed by atoms with van der Waals surface area (Å²) in [6.07, 6.45) is 2.01. The molecule has 0 fully saturated rings. The van der Waals surface area contributed by atoms with Crippen molar-refractivity contribution < 1.29 is 4.92 Å². The molecule has 0 aromatic carbocycles. The minimum Gasteiger partial charge on any atom is -0.357 e. The summed E-state index contributed by atoms with van der Waals surface area (Å²) in [7, 11) is 1.67. The maximum atomic E-state index is 11.0. The SMILES string of the molecule is CCC(Nc1nc(NC)ncc1[N+](=O)[O-])c1cccs1. The van der Waals surface area contributed by atoms with Crippen molar-refractivity contribution in [2.24, 2.45) is 0 Å². The summed E-state index contributed by atoms with van der Waals surface area (Å²) in [5.41, 5.74) is -0.126. The third-order valence-electron chi connectivity index (χ3n) is 2.80. The van der Waals surface area contributed by atoms with Gasteiger partial charge in [-0.3, -0.25) is 10.1 Å². The van der Waals surface area contributed by atoms with Gasteiger partial charge in [-0.2, -0.15) is 4.98 Å². The second kappa shape index (κ2) is 6.29. The van der Waals surface area contributed by atoms with Crippen LogP contribution in [0, 0.1) is 10.1 Å². The summed E-state index contributed by atoms with van der Waals surface area (Å²) in [6.45, 7) is 2.02. The Morgan fingerprint density at radius 1 is 1.55 bits per heavy atom. The average molecular weight is 293 g/mol. The van der Waals surface area contributed by atoms with Crippen molar-refractivity contribution in [3.8, 4) is 0 Å². The smallest absolute Gasteiger partial charge is 0.329 e. The second-order valence-electron chi connectivity index (χ2n) is 4.06. The fourth-order valence-corrected chi connectivity index (χ4v) is 2.63. The van der Waals surface area contributed by atoms with E-state index in [2.05, 4.69) is 20.6 Å². The summed E-state index contributed by atoms with van der Waals surface area (Å²) in [5.74, 6) is 0.578. The highest BCUT2D eigenvalue weighted by Gasteiger charge is 2.20. The summed E-state index contributed by atoms with van der Waals surface area (Å²) in [5, 5.41) is 18.9. The van der Waals surface area contributed by atoms with Crippen molar-refractivity contribution in [1.82, 2.24) is 9.97 Å². The van der Waals surface area contributed by atoms with Crippen LogP contribution in [-0.4, -0.2) is 21.9 Å². The van der Waals surface area contributed by atoms with Gasteiger partial charge in [-0.25, -0.2) is 4.98 Å². The molecule has 0 spiro atoms. The molecule has 2 rings (SSSR count). The largest absolute Gasteiger partial charge is 0.357 e. The first-order valence-electron chi connectivity index (χ1n) is 6.14. The Morgan fingerprint density at radius 2 is 2.35 bits per heavy atom. The number of aromatic nitrogens is 2. The zero-order valence-corrected chi connectivity index (χ0v) is 12.0. The topological polar surface area (TPSA) is 93.0 Å². The van der Waals surface area contributed by atoms with Crippen LogP contribution in [-0.2, 0) is 0 Å². The fraction of sp³-hybridized carbons (Fsp3) is 0.333. The van der Waals surface area contributed by atoms with E-state index in [1.807, 2.05) is 24.4 Å². The molecule has 2 heterocycles. The van der Waals surface area contributed by atoms with Crippen LogP contribution in [0.3, 0.4) is 0 Å². The van der Waals surface area contributed by atoms with E-state index in [1.54, 1.807) is 18.4 Å². The first kappa shape index (κ1) is 14.2. The number of rotatable bonds is 6. The maximum absolute atomic E-state index is 11.0. The molecule has 0 aliphatic rings. The van der Waals surface area contributed by atoms with Gasteiger partial charge in [0.15, 0.2) is 0 Å². The van der Waals surface area contributed by atoms with Gasteiger partial charge in [-0.1, -0.05) is 13.0 Å². The minimum absolute atomic E-state index is 0.00620. The quantitative estimate of drug-likeness (QED) is 0.628. The van der Waals surface area contributed by atoms with Crippen molar-refractivity contribution in [3.05, 3.63) is 38.7 Å². The molecular weight excluding hydrogens is 278 g/mol. The summed E-state index contributed by atoms with van der Waals surface area (Å²) in [6, 6.07) is 3.95. The number of nitrogens with one attached hydrogen (secondary N) is 2. The molecule has 2 aromatic heterocycles. The predicted molar refractivity (Wildman–Crippen MR) is 79.2 cm³/mol. The first-order valence-corrected chi connectivity index (χ1v) is 7.02. The van der Waals surface area contributed by atoms with Crippen molar-refractivity contribution in [1.29, 1.82) is 0 Å². The Bertz CT molecular complexity index is 588. The highest BCUT2D eigenvalue weighted by molar-refractivity contribution is 7.10. The molecule has 0 bridgehead atoms. The Labute approximate surface area is 120 Å². The molecule has 7 nitrogen and oxygen atoms in total. The molecule has 0 saturated carbocycles. The third kappa shape index (κ3) is 3.02. The molecule has 0 saturated heterocycles. The van der Waals surface area contributed by atoms with Gasteiger partial charge in [0.2, 0.25) is 11.8 Å². The molecule has 1 atom stereocenters. The van der Waals surface area contributed by atoms with Crippen LogP contribution in [0.25, 0.3) is 0 Å². The first-order chi connectivity index (χ1) is 9.65. The number of nitrogens with zero attached hydrogens (tertiary/aromatic N) is 3. The van der Waals surface area contributed by atoms with Crippen LogP contribution >= 0.6 is 11.3 Å². The standard InChI is InChI=1S/C12H15N5O2S/c1-3-8(10-5-4-6-20-10)15-11-9(17(18)19)7-14-12(13-2)16-11/h4-8H,3H2,1-2H3,(H2,13,14,15,16).